The molecule has 0 aliphatic carbocycles. The highest BCUT2D eigenvalue weighted by molar-refractivity contribution is 5.79. The number of hydrogen-bond acceptors (Lipinski definition) is 4. The lowest BCUT2D eigenvalue weighted by Crippen LogP contribution is -2.52. The Morgan fingerprint density at radius 1 is 1.16 bits per heavy atom. The molecule has 1 amide bonds. The van der Waals surface area contributed by atoms with Crippen molar-refractivity contribution >= 4 is 5.91 Å². The highest BCUT2D eigenvalue weighted by Gasteiger charge is 2.31. The molecular weight excluding hydrogens is 316 g/mol. The zero-order valence-electron chi connectivity index (χ0n) is 14.7. The van der Waals surface area contributed by atoms with Gasteiger partial charge in [-0.3, -0.25) is 9.69 Å². The minimum Gasteiger partial charge on any atom is -0.496 e. The van der Waals surface area contributed by atoms with Crippen molar-refractivity contribution < 1.29 is 14.3 Å². The van der Waals surface area contributed by atoms with E-state index in [0.717, 1.165) is 36.7 Å². The van der Waals surface area contributed by atoms with Crippen LogP contribution in [0.4, 0.5) is 0 Å². The van der Waals surface area contributed by atoms with E-state index in [4.69, 9.17) is 9.47 Å². The molecule has 2 aromatic rings. The number of nitrogens with one attached hydrogen (secondary N) is 1. The van der Waals surface area contributed by atoms with E-state index in [2.05, 4.69) is 22.3 Å². The van der Waals surface area contributed by atoms with Crippen LogP contribution in [-0.2, 0) is 17.9 Å². The average molecular weight is 340 g/mol. The van der Waals surface area contributed by atoms with Crippen LogP contribution in [0.2, 0.25) is 0 Å². The number of carbonyl (C=O) groups is 1. The Hall–Kier alpha value is -2.53. The number of benzene rings is 2. The Morgan fingerprint density at radius 3 is 2.56 bits per heavy atom. The van der Waals surface area contributed by atoms with Gasteiger partial charge in [-0.25, -0.2) is 0 Å². The van der Waals surface area contributed by atoms with Gasteiger partial charge in [0.1, 0.15) is 18.1 Å². The monoisotopic (exact) mass is 340 g/mol. The normalized spacial score (nSPS) is 14.6. The van der Waals surface area contributed by atoms with Gasteiger partial charge in [0.2, 0.25) is 5.91 Å². The van der Waals surface area contributed by atoms with Crippen LogP contribution in [0.5, 0.6) is 11.5 Å². The summed E-state index contributed by atoms with van der Waals surface area (Å²) in [6.07, 6.45) is 0. The Balaban J connectivity index is 1.49. The fourth-order valence-electron chi connectivity index (χ4n) is 3.00. The van der Waals surface area contributed by atoms with Gasteiger partial charge in [0.05, 0.1) is 13.0 Å². The van der Waals surface area contributed by atoms with E-state index < -0.39 is 0 Å². The molecule has 25 heavy (non-hydrogen) atoms. The molecular formula is C20H24N2O3. The van der Waals surface area contributed by atoms with Gasteiger partial charge in [-0.1, -0.05) is 30.3 Å². The summed E-state index contributed by atoms with van der Waals surface area (Å²) in [6, 6.07) is 16.0. The summed E-state index contributed by atoms with van der Waals surface area (Å²) in [4.78, 5) is 13.8. The van der Waals surface area contributed by atoms with E-state index in [1.165, 1.54) is 5.56 Å². The molecule has 5 nitrogen and oxygen atoms in total. The van der Waals surface area contributed by atoms with Gasteiger partial charge in [0.15, 0.2) is 0 Å². The maximum atomic E-state index is 11.5. The smallest absolute Gasteiger partial charge is 0.225 e. The van der Waals surface area contributed by atoms with Crippen LogP contribution >= 0.6 is 0 Å². The number of rotatable bonds is 7. The molecule has 5 heteroatoms. The van der Waals surface area contributed by atoms with Gasteiger partial charge in [-0.2, -0.15) is 0 Å². The zero-order valence-corrected chi connectivity index (χ0v) is 14.7. The number of nitrogens with zero attached hydrogens (tertiary/aromatic N) is 1. The van der Waals surface area contributed by atoms with Crippen molar-refractivity contribution in [2.75, 3.05) is 27.2 Å². The number of para-hydroxylation sites is 1. The Kier molecular flexibility index (Phi) is 5.56. The van der Waals surface area contributed by atoms with Crippen LogP contribution in [0.25, 0.3) is 0 Å². The number of ether oxygens (including phenoxy) is 2. The highest BCUT2D eigenvalue weighted by atomic mass is 16.5. The molecule has 0 atom stereocenters. The third-order valence-electron chi connectivity index (χ3n) is 4.49. The molecule has 1 fully saturated rings. The number of likely N-dealkylation sites (tertiary alicyclic amines) is 1. The van der Waals surface area contributed by atoms with Crippen molar-refractivity contribution in [3.8, 4) is 11.5 Å². The van der Waals surface area contributed by atoms with Crippen LogP contribution < -0.4 is 14.8 Å². The summed E-state index contributed by atoms with van der Waals surface area (Å²) in [7, 11) is 3.35. The number of methoxy groups -OCH3 is 1. The Morgan fingerprint density at radius 2 is 1.88 bits per heavy atom. The molecule has 1 aliphatic rings. The van der Waals surface area contributed by atoms with E-state index in [-0.39, 0.29) is 11.8 Å². The summed E-state index contributed by atoms with van der Waals surface area (Å²) < 4.78 is 11.2. The van der Waals surface area contributed by atoms with Crippen molar-refractivity contribution in [2.45, 2.75) is 13.2 Å². The molecule has 2 aromatic carbocycles. The summed E-state index contributed by atoms with van der Waals surface area (Å²) in [6.45, 7) is 2.99. The predicted octanol–water partition coefficient (Wildman–Crippen LogP) is 2.45. The molecule has 132 valence electrons. The minimum absolute atomic E-state index is 0.133. The maximum Gasteiger partial charge on any atom is 0.225 e. The Labute approximate surface area is 148 Å². The molecule has 0 unspecified atom stereocenters. The summed E-state index contributed by atoms with van der Waals surface area (Å²) in [5, 5.41) is 2.70. The molecule has 3 rings (SSSR count). The van der Waals surface area contributed by atoms with Crippen molar-refractivity contribution in [3.63, 3.8) is 0 Å². The van der Waals surface area contributed by atoms with Gasteiger partial charge in [-0.05, 0) is 23.8 Å². The van der Waals surface area contributed by atoms with Crippen molar-refractivity contribution in [1.82, 2.24) is 10.2 Å². The van der Waals surface area contributed by atoms with E-state index in [0.29, 0.717) is 6.61 Å². The largest absolute Gasteiger partial charge is 0.496 e. The Bertz CT molecular complexity index is 709. The third-order valence-corrected chi connectivity index (χ3v) is 4.49. The highest BCUT2D eigenvalue weighted by Crippen LogP contribution is 2.22. The van der Waals surface area contributed by atoms with Gasteiger partial charge in [0, 0.05) is 32.2 Å². The van der Waals surface area contributed by atoms with Crippen LogP contribution in [0.1, 0.15) is 11.1 Å². The van der Waals surface area contributed by atoms with Gasteiger partial charge in [-0.15, -0.1) is 0 Å². The molecule has 0 radical (unpaired) electrons. The molecule has 1 aliphatic heterocycles. The minimum atomic E-state index is 0.133. The lowest BCUT2D eigenvalue weighted by atomic mass is 9.98. The lowest BCUT2D eigenvalue weighted by molar-refractivity contribution is -0.129. The van der Waals surface area contributed by atoms with Crippen LogP contribution in [-0.4, -0.2) is 38.1 Å². The molecule has 0 aromatic heterocycles. The quantitative estimate of drug-likeness (QED) is 0.841. The maximum absolute atomic E-state index is 11.5. The van der Waals surface area contributed by atoms with Crippen molar-refractivity contribution in [2.24, 2.45) is 5.92 Å². The first-order valence-electron chi connectivity index (χ1n) is 8.47. The standard InChI is InChI=1S/C20H24N2O3/c1-21-20(23)17-12-22(13-17)11-15-7-9-18(10-8-15)25-14-16-5-3-4-6-19(16)24-2/h3-10,17H,11-14H2,1-2H3,(H,21,23). The molecule has 1 N–H and O–H groups in total. The summed E-state index contributed by atoms with van der Waals surface area (Å²) >= 11 is 0. The zero-order chi connectivity index (χ0) is 17.6. The van der Waals surface area contributed by atoms with E-state index in [1.807, 2.05) is 36.4 Å². The average Bonchev–Trinajstić information content (AvgIpc) is 2.63. The molecule has 1 heterocycles. The predicted molar refractivity (Wildman–Crippen MR) is 96.6 cm³/mol. The van der Waals surface area contributed by atoms with Crippen LogP contribution in [0.15, 0.2) is 48.5 Å². The van der Waals surface area contributed by atoms with Gasteiger partial charge < -0.3 is 14.8 Å². The second-order valence-electron chi connectivity index (χ2n) is 6.25. The van der Waals surface area contributed by atoms with Crippen LogP contribution in [0, 0.1) is 5.92 Å². The summed E-state index contributed by atoms with van der Waals surface area (Å²) in [5.41, 5.74) is 2.25. The molecule has 0 bridgehead atoms. The summed E-state index contributed by atoms with van der Waals surface area (Å²) in [5.74, 6) is 1.94. The SMILES string of the molecule is CNC(=O)C1CN(Cc2ccc(OCc3ccccc3OC)cc2)C1. The molecule has 0 spiro atoms. The van der Waals surface area contributed by atoms with Crippen LogP contribution in [0.3, 0.4) is 0 Å². The fraction of sp³-hybridized carbons (Fsp3) is 0.350. The molecule has 1 saturated heterocycles. The first-order valence-corrected chi connectivity index (χ1v) is 8.47. The molecule has 0 saturated carbocycles. The van der Waals surface area contributed by atoms with E-state index in [9.17, 15) is 4.79 Å². The number of carbonyl (C=O) groups excluding carboxylic acids is 1. The number of hydrogen-bond donors (Lipinski definition) is 1. The van der Waals surface area contributed by atoms with Crippen molar-refractivity contribution in [3.05, 3.63) is 59.7 Å². The van der Waals surface area contributed by atoms with E-state index in [1.54, 1.807) is 14.2 Å². The van der Waals surface area contributed by atoms with Gasteiger partial charge in [0.25, 0.3) is 0 Å². The third kappa shape index (κ3) is 4.31. The first-order chi connectivity index (χ1) is 12.2. The topological polar surface area (TPSA) is 50.8 Å². The van der Waals surface area contributed by atoms with Crippen molar-refractivity contribution in [1.29, 1.82) is 0 Å². The first kappa shape index (κ1) is 17.3. The second-order valence-corrected chi connectivity index (χ2v) is 6.25. The second kappa shape index (κ2) is 8.03. The lowest BCUT2D eigenvalue weighted by Gasteiger charge is -2.38. The van der Waals surface area contributed by atoms with E-state index >= 15 is 0 Å². The number of amides is 1. The van der Waals surface area contributed by atoms with Gasteiger partial charge >= 0.3 is 0 Å². The fourth-order valence-corrected chi connectivity index (χ4v) is 3.00.